The Bertz CT molecular complexity index is 2060. The van der Waals surface area contributed by atoms with Crippen LogP contribution in [0.5, 0.6) is 0 Å². The van der Waals surface area contributed by atoms with Crippen LogP contribution in [0.1, 0.15) is 28.1 Å². The average molecular weight is 846 g/mol. The van der Waals surface area contributed by atoms with Gasteiger partial charge >= 0.3 is 0 Å². The maximum atomic E-state index is 4.10. The molecule has 0 saturated heterocycles. The van der Waals surface area contributed by atoms with E-state index in [9.17, 15) is 0 Å². The van der Waals surface area contributed by atoms with Crippen LogP contribution in [0.25, 0.3) is 34.3 Å². The molecule has 8 aromatic rings. The molecule has 8 nitrogen and oxygen atoms in total. The summed E-state index contributed by atoms with van der Waals surface area (Å²) in [5.41, 5.74) is 9.94. The van der Waals surface area contributed by atoms with Crippen molar-refractivity contribution in [2.45, 2.75) is 34.6 Å². The van der Waals surface area contributed by atoms with E-state index in [1.807, 2.05) is 85.5 Å². The minimum Gasteiger partial charge on any atom is -0.421 e. The van der Waals surface area contributed by atoms with Crippen molar-refractivity contribution in [3.63, 3.8) is 0 Å². The van der Waals surface area contributed by atoms with Gasteiger partial charge in [-0.1, -0.05) is 55.3 Å². The summed E-state index contributed by atoms with van der Waals surface area (Å²) in [6.45, 7) is 10.1. The van der Waals surface area contributed by atoms with E-state index < -0.39 is 0 Å². The Hall–Kier alpha value is -5.76. The molecular formula is C42H37IrN8-3. The molecule has 4 heterocycles. The molecular weight excluding hydrogens is 809 g/mol. The van der Waals surface area contributed by atoms with Gasteiger partial charge in [-0.05, 0) is 74.4 Å². The Kier molecular flexibility index (Phi) is 12.4. The fourth-order valence-electron chi connectivity index (χ4n) is 5.07. The second-order valence-corrected chi connectivity index (χ2v) is 11.9. The molecule has 0 unspecified atom stereocenters. The molecule has 4 aromatic carbocycles. The number of hydrogen-bond acceptors (Lipinski definition) is 3. The van der Waals surface area contributed by atoms with E-state index in [2.05, 4.69) is 133 Å². The van der Waals surface area contributed by atoms with E-state index in [0.717, 1.165) is 28.4 Å². The zero-order chi connectivity index (χ0) is 34.9. The number of rotatable bonds is 5. The first-order valence-corrected chi connectivity index (χ1v) is 16.2. The third-order valence-electron chi connectivity index (χ3n) is 7.57. The van der Waals surface area contributed by atoms with Gasteiger partial charge < -0.3 is 19.2 Å². The molecule has 0 aliphatic rings. The number of pyridine rings is 1. The fourth-order valence-corrected chi connectivity index (χ4v) is 5.07. The second kappa shape index (κ2) is 17.3. The molecule has 4 aromatic heterocycles. The van der Waals surface area contributed by atoms with Gasteiger partial charge in [-0.2, -0.15) is 59.7 Å². The third-order valence-corrected chi connectivity index (χ3v) is 7.57. The van der Waals surface area contributed by atoms with E-state index in [1.165, 1.54) is 22.3 Å². The van der Waals surface area contributed by atoms with Gasteiger partial charge in [0.1, 0.15) is 0 Å². The normalized spacial score (nSPS) is 10.3. The molecule has 257 valence electrons. The van der Waals surface area contributed by atoms with Crippen LogP contribution in [-0.2, 0) is 20.1 Å². The monoisotopic (exact) mass is 846 g/mol. The molecule has 9 heteroatoms. The van der Waals surface area contributed by atoms with Crippen molar-refractivity contribution in [2.24, 2.45) is 0 Å². The van der Waals surface area contributed by atoms with Crippen molar-refractivity contribution in [3.8, 4) is 34.3 Å². The number of aromatic nitrogens is 8. The first-order chi connectivity index (χ1) is 24.3. The van der Waals surface area contributed by atoms with Crippen LogP contribution in [0, 0.1) is 59.4 Å². The Morgan fingerprint density at radius 3 is 1.57 bits per heavy atom. The summed E-state index contributed by atoms with van der Waals surface area (Å²) < 4.78 is 7.89. The van der Waals surface area contributed by atoms with Crippen molar-refractivity contribution in [2.75, 3.05) is 0 Å². The molecule has 0 bridgehead atoms. The SMILES string of the molecule is Cc1cc[c-]c(-n2[c-][n+](-c3cccc(C)c3)cc2)c1.Cc1cc[c-]c(-n2[c-][n+](-c3cccc(C)c3)cc2)c1.Cc1n[n-]c(-c2ccccn2)n1.[Ir]. The average Bonchev–Trinajstić information content (AvgIpc) is 3.91. The number of hydrogen-bond donors (Lipinski definition) is 0. The molecule has 0 N–H and O–H groups in total. The maximum Gasteiger partial charge on any atom is 0.267 e. The van der Waals surface area contributed by atoms with E-state index in [4.69, 9.17) is 0 Å². The number of benzene rings is 4. The van der Waals surface area contributed by atoms with Crippen LogP contribution in [0.15, 0.2) is 134 Å². The summed E-state index contributed by atoms with van der Waals surface area (Å²) >= 11 is 0. The van der Waals surface area contributed by atoms with Crippen molar-refractivity contribution < 1.29 is 29.2 Å². The molecule has 0 atom stereocenters. The number of imidazole rings is 2. The smallest absolute Gasteiger partial charge is 0.267 e. The standard InChI is InChI=1S/2C17H15N2.C8H7N4.Ir/c2*1-14-5-3-7-16(11-14)18-9-10-19(13-18)17-8-4-6-15(2)12-17;1-6-10-8(12-11-6)7-4-2-3-5-9-7;/h2*3-7,9-12H,1-2H3;2-5H,1H3;/q3*-1;. The summed E-state index contributed by atoms with van der Waals surface area (Å²) in [6, 6.07) is 40.9. The van der Waals surface area contributed by atoms with Gasteiger partial charge in [0.15, 0.2) is 0 Å². The summed E-state index contributed by atoms with van der Waals surface area (Å²) in [7, 11) is 0. The number of aryl methyl sites for hydroxylation is 5. The Morgan fingerprint density at radius 2 is 1.14 bits per heavy atom. The molecule has 0 amide bonds. The zero-order valence-electron chi connectivity index (χ0n) is 29.1. The number of nitrogens with zero attached hydrogens (tertiary/aromatic N) is 8. The molecule has 8 rings (SSSR count). The fraction of sp³-hybridized carbons (Fsp3) is 0.119. The first kappa shape index (κ1) is 36.5. The van der Waals surface area contributed by atoms with E-state index in [0.29, 0.717) is 11.6 Å². The van der Waals surface area contributed by atoms with Crippen LogP contribution in [-0.4, -0.2) is 24.2 Å². The van der Waals surface area contributed by atoms with Crippen molar-refractivity contribution in [1.29, 1.82) is 0 Å². The predicted octanol–water partition coefficient (Wildman–Crippen LogP) is 6.74. The zero-order valence-corrected chi connectivity index (χ0v) is 31.5. The minimum absolute atomic E-state index is 0. The van der Waals surface area contributed by atoms with E-state index in [-0.39, 0.29) is 20.1 Å². The summed E-state index contributed by atoms with van der Waals surface area (Å²) in [6.07, 6.45) is 16.3. The van der Waals surface area contributed by atoms with Gasteiger partial charge in [0.25, 0.3) is 12.7 Å². The van der Waals surface area contributed by atoms with E-state index in [1.54, 1.807) is 13.1 Å². The topological polar surface area (TPSA) is 70.4 Å². The Morgan fingerprint density at radius 1 is 0.608 bits per heavy atom. The molecule has 0 aliphatic carbocycles. The molecule has 1 radical (unpaired) electrons. The Labute approximate surface area is 313 Å². The van der Waals surface area contributed by atoms with Crippen LogP contribution in [0.2, 0.25) is 0 Å². The summed E-state index contributed by atoms with van der Waals surface area (Å²) in [5, 5.41) is 7.65. The predicted molar refractivity (Wildman–Crippen MR) is 192 cm³/mol. The molecule has 0 fully saturated rings. The third kappa shape index (κ3) is 9.91. The van der Waals surface area contributed by atoms with Crippen molar-refractivity contribution in [3.05, 3.63) is 187 Å². The van der Waals surface area contributed by atoms with Crippen molar-refractivity contribution in [1.82, 2.24) is 29.3 Å². The minimum atomic E-state index is 0. The van der Waals surface area contributed by atoms with Gasteiger partial charge in [-0.3, -0.25) is 19.2 Å². The van der Waals surface area contributed by atoms with Crippen LogP contribution in [0.4, 0.5) is 0 Å². The van der Waals surface area contributed by atoms with Crippen molar-refractivity contribution >= 4 is 0 Å². The quantitative estimate of drug-likeness (QED) is 0.142. The van der Waals surface area contributed by atoms with Gasteiger partial charge in [0.05, 0.1) is 17.1 Å². The van der Waals surface area contributed by atoms with Gasteiger partial charge in [0.2, 0.25) is 0 Å². The molecule has 51 heavy (non-hydrogen) atoms. The summed E-state index contributed by atoms with van der Waals surface area (Å²) in [5.74, 6) is 1.27. The van der Waals surface area contributed by atoms with Crippen LogP contribution >= 0.6 is 0 Å². The molecule has 0 saturated carbocycles. The Balaban J connectivity index is 0.000000151. The maximum absolute atomic E-state index is 4.10. The molecule has 0 aliphatic heterocycles. The van der Waals surface area contributed by atoms with Crippen LogP contribution < -0.4 is 14.2 Å². The van der Waals surface area contributed by atoms with Gasteiger partial charge in [-0.15, -0.1) is 0 Å². The van der Waals surface area contributed by atoms with Gasteiger partial charge in [-0.25, -0.2) is 0 Å². The van der Waals surface area contributed by atoms with E-state index >= 15 is 0 Å². The summed E-state index contributed by atoms with van der Waals surface area (Å²) in [4.78, 5) is 8.19. The first-order valence-electron chi connectivity index (χ1n) is 16.2. The molecule has 0 spiro atoms. The van der Waals surface area contributed by atoms with Crippen LogP contribution in [0.3, 0.4) is 0 Å². The second-order valence-electron chi connectivity index (χ2n) is 11.9. The van der Waals surface area contributed by atoms with Gasteiger partial charge in [0, 0.05) is 56.9 Å². The largest absolute Gasteiger partial charge is 0.421 e.